The van der Waals surface area contributed by atoms with Crippen LogP contribution in [0.4, 0.5) is 5.82 Å². The van der Waals surface area contributed by atoms with Gasteiger partial charge in [0.1, 0.15) is 41.7 Å². The van der Waals surface area contributed by atoms with E-state index in [2.05, 4.69) is 27.0 Å². The number of fused-ring (bicyclic) bond motifs is 1. The Morgan fingerprint density at radius 2 is 2.00 bits per heavy atom. The minimum atomic E-state index is -1.82. The molecular formula is C17H25N7O4. The monoisotopic (exact) mass is 391 g/mol. The van der Waals surface area contributed by atoms with Crippen molar-refractivity contribution in [3.05, 3.63) is 24.5 Å². The molecule has 1 saturated carbocycles. The smallest absolute Gasteiger partial charge is 0.247 e. The third kappa shape index (κ3) is 2.74. The Bertz CT molecular complexity index is 897. The van der Waals surface area contributed by atoms with Gasteiger partial charge in [-0.1, -0.05) is 25.8 Å². The molecule has 0 unspecified atom stereocenters. The molecular weight excluding hydrogens is 366 g/mol. The first-order valence-corrected chi connectivity index (χ1v) is 9.29. The zero-order chi connectivity index (χ0) is 20.1. The predicted molar refractivity (Wildman–Crippen MR) is 99.5 cm³/mol. The number of aromatic nitrogens is 4. The van der Waals surface area contributed by atoms with E-state index in [1.54, 1.807) is 0 Å². The standard InChI is InChI=1S/C17H25N7O4/c1-8(25)12-11(26)13(27)17(23-19,28-12)24-7-20-10-14(18)21-15(22-16(10)24)9-5-3-2-4-6-9/h7,9,11-13,23,25-27H,1-6,19H2,(H2,18,21,22)/t11-,12-,13-,17+/m1/s1. The zero-order valence-corrected chi connectivity index (χ0v) is 15.3. The quantitative estimate of drug-likeness (QED) is 0.231. The number of hydrogen-bond donors (Lipinski definition) is 6. The summed E-state index contributed by atoms with van der Waals surface area (Å²) >= 11 is 0. The summed E-state index contributed by atoms with van der Waals surface area (Å²) in [5.41, 5.74) is 9.14. The summed E-state index contributed by atoms with van der Waals surface area (Å²) in [5, 5.41) is 30.7. The van der Waals surface area contributed by atoms with E-state index < -0.39 is 29.9 Å². The molecule has 11 nitrogen and oxygen atoms in total. The molecule has 2 fully saturated rings. The molecule has 2 aliphatic rings. The number of rotatable bonds is 4. The van der Waals surface area contributed by atoms with E-state index in [4.69, 9.17) is 16.3 Å². The van der Waals surface area contributed by atoms with Gasteiger partial charge in [0.25, 0.3) is 0 Å². The summed E-state index contributed by atoms with van der Waals surface area (Å²) in [6.45, 7) is 3.38. The van der Waals surface area contributed by atoms with Gasteiger partial charge in [-0.3, -0.25) is 10.4 Å². The molecule has 0 bridgehead atoms. The van der Waals surface area contributed by atoms with Crippen LogP contribution in [0.5, 0.6) is 0 Å². The number of hydrogen-bond acceptors (Lipinski definition) is 10. The first-order chi connectivity index (χ1) is 13.4. The first-order valence-electron chi connectivity index (χ1n) is 9.29. The molecule has 28 heavy (non-hydrogen) atoms. The lowest BCUT2D eigenvalue weighted by Gasteiger charge is -2.32. The van der Waals surface area contributed by atoms with Crippen molar-refractivity contribution in [1.29, 1.82) is 0 Å². The number of nitrogens with zero attached hydrogens (tertiary/aromatic N) is 4. The van der Waals surface area contributed by atoms with Crippen LogP contribution in [0, 0.1) is 0 Å². The molecule has 1 aliphatic heterocycles. The van der Waals surface area contributed by atoms with E-state index in [1.165, 1.54) is 17.3 Å². The van der Waals surface area contributed by atoms with Gasteiger partial charge in [0.05, 0.1) is 0 Å². The maximum Gasteiger partial charge on any atom is 0.247 e. The normalized spacial score (nSPS) is 31.5. The number of ether oxygens (including phenoxy) is 1. The van der Waals surface area contributed by atoms with Crippen molar-refractivity contribution in [2.45, 2.75) is 62.2 Å². The summed E-state index contributed by atoms with van der Waals surface area (Å²) in [6.07, 6.45) is 2.44. The highest BCUT2D eigenvalue weighted by Crippen LogP contribution is 2.38. The number of aliphatic hydroxyl groups excluding tert-OH is 3. The zero-order valence-electron chi connectivity index (χ0n) is 15.3. The average molecular weight is 391 g/mol. The van der Waals surface area contributed by atoms with Crippen molar-refractivity contribution in [2.75, 3.05) is 5.73 Å². The molecule has 0 amide bonds. The van der Waals surface area contributed by atoms with Crippen LogP contribution in [0.3, 0.4) is 0 Å². The molecule has 8 N–H and O–H groups in total. The molecule has 2 aromatic heterocycles. The number of imidazole rings is 1. The molecule has 0 aromatic carbocycles. The molecule has 0 spiro atoms. The second kappa shape index (κ2) is 6.94. The number of aliphatic hydroxyl groups is 3. The Kier molecular flexibility index (Phi) is 4.71. The number of anilines is 1. The van der Waals surface area contributed by atoms with Gasteiger partial charge >= 0.3 is 0 Å². The fourth-order valence-electron chi connectivity index (χ4n) is 4.11. The summed E-state index contributed by atoms with van der Waals surface area (Å²) in [7, 11) is 0. The Hall–Kier alpha value is -2.31. The lowest BCUT2D eigenvalue weighted by molar-refractivity contribution is -0.161. The number of nitrogens with one attached hydrogen (secondary N) is 1. The molecule has 152 valence electrons. The van der Waals surface area contributed by atoms with E-state index in [0.29, 0.717) is 17.0 Å². The molecule has 11 heteroatoms. The van der Waals surface area contributed by atoms with Crippen LogP contribution in [0.1, 0.15) is 43.8 Å². The van der Waals surface area contributed by atoms with E-state index in [-0.39, 0.29) is 11.7 Å². The second-order valence-electron chi connectivity index (χ2n) is 7.39. The highest BCUT2D eigenvalue weighted by atomic mass is 16.6. The van der Waals surface area contributed by atoms with E-state index in [0.717, 1.165) is 25.7 Å². The third-order valence-corrected chi connectivity index (χ3v) is 5.65. The maximum atomic E-state index is 10.7. The van der Waals surface area contributed by atoms with Crippen LogP contribution in [0.2, 0.25) is 0 Å². The third-order valence-electron chi connectivity index (χ3n) is 5.65. The van der Waals surface area contributed by atoms with Crippen molar-refractivity contribution in [3.63, 3.8) is 0 Å². The maximum absolute atomic E-state index is 10.7. The van der Waals surface area contributed by atoms with E-state index >= 15 is 0 Å². The summed E-state index contributed by atoms with van der Waals surface area (Å²) in [6, 6.07) is 0. The van der Waals surface area contributed by atoms with Gasteiger partial charge in [-0.05, 0) is 12.8 Å². The minimum absolute atomic E-state index is 0.190. The number of nitrogen functional groups attached to an aromatic ring is 1. The summed E-state index contributed by atoms with van der Waals surface area (Å²) in [5.74, 6) is 4.45. The lowest BCUT2D eigenvalue weighted by atomic mass is 9.89. The average Bonchev–Trinajstić information content (AvgIpc) is 3.24. The van der Waals surface area contributed by atoms with Crippen LogP contribution in [0.25, 0.3) is 11.2 Å². The van der Waals surface area contributed by atoms with Gasteiger partial charge in [0.15, 0.2) is 11.5 Å². The fourth-order valence-corrected chi connectivity index (χ4v) is 4.11. The first kappa shape index (κ1) is 19.0. The molecule has 1 aliphatic carbocycles. The van der Waals surface area contributed by atoms with Crippen LogP contribution in [-0.4, -0.2) is 53.2 Å². The molecule has 2 aromatic rings. The van der Waals surface area contributed by atoms with Crippen molar-refractivity contribution in [1.82, 2.24) is 24.9 Å². The highest BCUT2D eigenvalue weighted by molar-refractivity contribution is 5.81. The van der Waals surface area contributed by atoms with Crippen LogP contribution < -0.4 is 17.0 Å². The van der Waals surface area contributed by atoms with Gasteiger partial charge in [0.2, 0.25) is 5.85 Å². The van der Waals surface area contributed by atoms with Crippen LogP contribution in [-0.2, 0) is 10.6 Å². The SMILES string of the molecule is C=C(O)[C@H]1O[C@@](NN)(n2cnc3c(N)nc(C4CCCCC4)nc32)[C@H](O)[C@@H]1O. The largest absolute Gasteiger partial charge is 0.510 e. The summed E-state index contributed by atoms with van der Waals surface area (Å²) < 4.78 is 7.06. The van der Waals surface area contributed by atoms with Gasteiger partial charge in [-0.15, -0.1) is 0 Å². The van der Waals surface area contributed by atoms with Crippen molar-refractivity contribution in [3.8, 4) is 0 Å². The molecule has 4 atom stereocenters. The van der Waals surface area contributed by atoms with E-state index in [1.807, 2.05) is 0 Å². The topological polar surface area (TPSA) is 178 Å². The Morgan fingerprint density at radius 1 is 1.29 bits per heavy atom. The van der Waals surface area contributed by atoms with Crippen molar-refractivity contribution >= 4 is 17.0 Å². The molecule has 1 saturated heterocycles. The van der Waals surface area contributed by atoms with Gasteiger partial charge in [-0.25, -0.2) is 20.4 Å². The van der Waals surface area contributed by atoms with Crippen LogP contribution >= 0.6 is 0 Å². The van der Waals surface area contributed by atoms with Gasteiger partial charge < -0.3 is 25.8 Å². The van der Waals surface area contributed by atoms with Crippen LogP contribution in [0.15, 0.2) is 18.7 Å². The van der Waals surface area contributed by atoms with Gasteiger partial charge in [-0.2, -0.15) is 0 Å². The summed E-state index contributed by atoms with van der Waals surface area (Å²) in [4.78, 5) is 13.3. The molecule has 0 radical (unpaired) electrons. The van der Waals surface area contributed by atoms with Gasteiger partial charge in [0, 0.05) is 5.92 Å². The Morgan fingerprint density at radius 3 is 2.61 bits per heavy atom. The predicted octanol–water partition coefficient (Wildman–Crippen LogP) is -0.278. The Labute approximate surface area is 161 Å². The number of nitrogens with two attached hydrogens (primary N) is 2. The van der Waals surface area contributed by atoms with E-state index in [9.17, 15) is 15.3 Å². The molecule has 3 heterocycles. The number of hydrazine groups is 1. The lowest BCUT2D eigenvalue weighted by Crippen LogP contribution is -2.58. The van der Waals surface area contributed by atoms with Crippen molar-refractivity contribution in [2.24, 2.45) is 5.84 Å². The van der Waals surface area contributed by atoms with Crippen molar-refractivity contribution < 1.29 is 20.1 Å². The highest BCUT2D eigenvalue weighted by Gasteiger charge is 2.57. The minimum Gasteiger partial charge on any atom is -0.510 e. The Balaban J connectivity index is 1.83. The fraction of sp³-hybridized carbons (Fsp3) is 0.588. The molecule has 4 rings (SSSR count). The second-order valence-corrected chi connectivity index (χ2v) is 7.39.